The van der Waals surface area contributed by atoms with Crippen LogP contribution in [-0.2, 0) is 0 Å². The highest BCUT2D eigenvalue weighted by molar-refractivity contribution is 9.10. The molecule has 0 aliphatic carbocycles. The normalized spacial score (nSPS) is 15.4. The zero-order valence-corrected chi connectivity index (χ0v) is 17.3. The molecule has 0 radical (unpaired) electrons. The van der Waals surface area contributed by atoms with Crippen molar-refractivity contribution in [2.45, 2.75) is 5.92 Å². The van der Waals surface area contributed by atoms with Gasteiger partial charge >= 0.3 is 0 Å². The zero-order valence-electron chi connectivity index (χ0n) is 15.7. The highest BCUT2D eigenvalue weighted by atomic mass is 79.9. The molecular weight excluding hydrogens is 436 g/mol. The maximum Gasteiger partial charge on any atom is 0.205 e. The van der Waals surface area contributed by atoms with Gasteiger partial charge in [-0.1, -0.05) is 12.1 Å². The van der Waals surface area contributed by atoms with Gasteiger partial charge in [-0.2, -0.15) is 5.26 Å². The van der Waals surface area contributed by atoms with Crippen LogP contribution >= 0.6 is 15.9 Å². The average Bonchev–Trinajstić information content (AvgIpc) is 2.72. The minimum atomic E-state index is -0.465. The quantitative estimate of drug-likeness (QED) is 0.619. The van der Waals surface area contributed by atoms with Gasteiger partial charge < -0.3 is 25.7 Å². The Hall–Kier alpha value is -3.44. The molecule has 1 aliphatic heterocycles. The van der Waals surface area contributed by atoms with Gasteiger partial charge in [0.05, 0.1) is 24.6 Å². The largest absolute Gasteiger partial charge is 0.493 e. The topological polar surface area (TPSA) is 116 Å². The van der Waals surface area contributed by atoms with Crippen molar-refractivity contribution in [3.8, 4) is 23.3 Å². The van der Waals surface area contributed by atoms with E-state index in [9.17, 15) is 5.26 Å². The van der Waals surface area contributed by atoms with E-state index >= 15 is 0 Å². The molecule has 0 saturated heterocycles. The van der Waals surface area contributed by atoms with Crippen LogP contribution in [0.5, 0.6) is 17.2 Å². The average molecular weight is 453 g/mol. The summed E-state index contributed by atoms with van der Waals surface area (Å²) < 4.78 is 17.4. The molecule has 0 spiro atoms. The molecule has 0 bridgehead atoms. The number of fused-ring (bicyclic) bond motifs is 3. The predicted octanol–water partition coefficient (Wildman–Crippen LogP) is 3.81. The Morgan fingerprint density at radius 3 is 2.59 bits per heavy atom. The van der Waals surface area contributed by atoms with Crippen molar-refractivity contribution in [2.24, 2.45) is 5.73 Å². The number of benzene rings is 2. The Morgan fingerprint density at radius 2 is 1.90 bits per heavy atom. The number of anilines is 1. The molecule has 29 heavy (non-hydrogen) atoms. The fourth-order valence-electron chi connectivity index (χ4n) is 3.56. The summed E-state index contributed by atoms with van der Waals surface area (Å²) in [7, 11) is 3.12. The molecule has 7 nitrogen and oxygen atoms in total. The van der Waals surface area contributed by atoms with Crippen LogP contribution in [0.4, 0.5) is 5.82 Å². The molecule has 3 aromatic rings. The van der Waals surface area contributed by atoms with E-state index in [2.05, 4.69) is 27.0 Å². The molecule has 1 aliphatic rings. The van der Waals surface area contributed by atoms with Gasteiger partial charge in [-0.15, -0.1) is 0 Å². The van der Waals surface area contributed by atoms with E-state index in [1.165, 1.54) is 0 Å². The van der Waals surface area contributed by atoms with Crippen molar-refractivity contribution in [1.29, 1.82) is 5.26 Å². The fourth-order valence-corrected chi connectivity index (χ4v) is 4.18. The molecule has 1 unspecified atom stereocenters. The number of hydrogen-bond acceptors (Lipinski definition) is 7. The fraction of sp³-hybridized carbons (Fsp3) is 0.143. The number of methoxy groups -OCH3 is 2. The number of hydrogen-bond donors (Lipinski definition) is 2. The van der Waals surface area contributed by atoms with Crippen molar-refractivity contribution in [2.75, 3.05) is 20.0 Å². The summed E-state index contributed by atoms with van der Waals surface area (Å²) in [6.07, 6.45) is 0. The van der Waals surface area contributed by atoms with E-state index in [1.807, 2.05) is 30.3 Å². The van der Waals surface area contributed by atoms with Gasteiger partial charge in [0.2, 0.25) is 5.88 Å². The second-order valence-corrected chi connectivity index (χ2v) is 7.31. The first-order valence-electron chi connectivity index (χ1n) is 8.66. The van der Waals surface area contributed by atoms with Crippen LogP contribution in [0.15, 0.2) is 52.3 Å². The third kappa shape index (κ3) is 3.00. The molecular formula is C21H17BrN4O3. The van der Waals surface area contributed by atoms with Crippen LogP contribution in [0.2, 0.25) is 0 Å². The summed E-state index contributed by atoms with van der Waals surface area (Å²) in [4.78, 5) is 4.42. The highest BCUT2D eigenvalue weighted by Crippen LogP contribution is 2.47. The summed E-state index contributed by atoms with van der Waals surface area (Å²) in [5, 5.41) is 10.7. The molecule has 1 atom stereocenters. The second-order valence-electron chi connectivity index (χ2n) is 6.45. The lowest BCUT2D eigenvalue weighted by Crippen LogP contribution is -2.21. The standard InChI is InChI=1S/C21H17BrN4O3/c1-27-15-8-11(7-14(22)20(15)28-2)17-12-5-3-10-4-6-16(24)26-18(10)19(12)29-21(25)13(17)9-23/h3-8,17H,25H2,1-2H3,(H2,24,26). The lowest BCUT2D eigenvalue weighted by Gasteiger charge is -2.27. The first-order chi connectivity index (χ1) is 14.0. The lowest BCUT2D eigenvalue weighted by atomic mass is 9.83. The Balaban J connectivity index is 2.01. The van der Waals surface area contributed by atoms with Crippen molar-refractivity contribution in [3.05, 3.63) is 63.5 Å². The van der Waals surface area contributed by atoms with E-state index in [0.29, 0.717) is 38.6 Å². The monoisotopic (exact) mass is 452 g/mol. The van der Waals surface area contributed by atoms with Crippen LogP contribution in [0.1, 0.15) is 17.0 Å². The third-order valence-electron chi connectivity index (χ3n) is 4.85. The molecule has 4 N–H and O–H groups in total. The molecule has 2 heterocycles. The number of nitriles is 1. The highest BCUT2D eigenvalue weighted by Gasteiger charge is 2.33. The molecule has 1 aromatic heterocycles. The van der Waals surface area contributed by atoms with Gasteiger partial charge in [-0.25, -0.2) is 4.98 Å². The molecule has 2 aromatic carbocycles. The second kappa shape index (κ2) is 7.18. The maximum atomic E-state index is 9.80. The number of nitrogens with two attached hydrogens (primary N) is 2. The zero-order chi connectivity index (χ0) is 20.7. The van der Waals surface area contributed by atoms with Gasteiger partial charge in [-0.3, -0.25) is 0 Å². The Kier molecular flexibility index (Phi) is 4.68. The van der Waals surface area contributed by atoms with Crippen LogP contribution in [0, 0.1) is 11.3 Å². The van der Waals surface area contributed by atoms with Crippen molar-refractivity contribution >= 4 is 32.7 Å². The SMILES string of the molecule is COc1cc(C2C(C#N)=C(N)Oc3c2ccc2ccc(N)nc32)cc(Br)c1OC. The van der Waals surface area contributed by atoms with E-state index in [-0.39, 0.29) is 5.88 Å². The van der Waals surface area contributed by atoms with E-state index in [4.69, 9.17) is 25.7 Å². The molecule has 4 rings (SSSR count). The van der Waals surface area contributed by atoms with Gasteiger partial charge in [0, 0.05) is 10.9 Å². The minimum Gasteiger partial charge on any atom is -0.493 e. The molecule has 146 valence electrons. The van der Waals surface area contributed by atoms with Gasteiger partial charge in [0.1, 0.15) is 23.0 Å². The van der Waals surface area contributed by atoms with E-state index < -0.39 is 5.92 Å². The Bertz CT molecular complexity index is 1220. The smallest absolute Gasteiger partial charge is 0.205 e. The third-order valence-corrected chi connectivity index (χ3v) is 5.44. The number of allylic oxidation sites excluding steroid dienone is 1. The summed E-state index contributed by atoms with van der Waals surface area (Å²) >= 11 is 3.52. The number of ether oxygens (including phenoxy) is 3. The molecule has 8 heteroatoms. The Labute approximate surface area is 175 Å². The van der Waals surface area contributed by atoms with Gasteiger partial charge in [0.15, 0.2) is 17.2 Å². The summed E-state index contributed by atoms with van der Waals surface area (Å²) in [6.45, 7) is 0. The van der Waals surface area contributed by atoms with Crippen molar-refractivity contribution < 1.29 is 14.2 Å². The summed E-state index contributed by atoms with van der Waals surface area (Å²) in [5.74, 6) is 1.52. The summed E-state index contributed by atoms with van der Waals surface area (Å²) in [5.41, 5.74) is 14.5. The van der Waals surface area contributed by atoms with Gasteiger partial charge in [-0.05, 0) is 45.8 Å². The summed E-state index contributed by atoms with van der Waals surface area (Å²) in [6, 6.07) is 13.3. The predicted molar refractivity (Wildman–Crippen MR) is 113 cm³/mol. The molecule has 0 fully saturated rings. The number of pyridine rings is 1. The van der Waals surface area contributed by atoms with Crippen molar-refractivity contribution in [1.82, 2.24) is 4.98 Å². The number of rotatable bonds is 3. The van der Waals surface area contributed by atoms with E-state index in [1.54, 1.807) is 20.3 Å². The van der Waals surface area contributed by atoms with Crippen LogP contribution < -0.4 is 25.7 Å². The van der Waals surface area contributed by atoms with Crippen LogP contribution in [0.3, 0.4) is 0 Å². The maximum absolute atomic E-state index is 9.80. The first-order valence-corrected chi connectivity index (χ1v) is 9.46. The van der Waals surface area contributed by atoms with Gasteiger partial charge in [0.25, 0.3) is 0 Å². The lowest BCUT2D eigenvalue weighted by molar-refractivity contribution is 0.352. The Morgan fingerprint density at radius 1 is 1.14 bits per heavy atom. The molecule has 0 saturated carbocycles. The van der Waals surface area contributed by atoms with Crippen LogP contribution in [0.25, 0.3) is 10.9 Å². The van der Waals surface area contributed by atoms with Crippen molar-refractivity contribution in [3.63, 3.8) is 0 Å². The van der Waals surface area contributed by atoms with Crippen LogP contribution in [-0.4, -0.2) is 19.2 Å². The number of aromatic nitrogens is 1. The minimum absolute atomic E-state index is 0.0348. The van der Waals surface area contributed by atoms with E-state index in [0.717, 1.165) is 16.5 Å². The number of nitrogens with zero attached hydrogens (tertiary/aromatic N) is 2. The number of nitrogen functional groups attached to an aromatic ring is 1. The number of halogens is 1. The molecule has 0 amide bonds. The first kappa shape index (κ1) is 18.9.